The molecule has 0 radical (unpaired) electrons. The van der Waals surface area contributed by atoms with Crippen LogP contribution >= 0.6 is 11.6 Å². The van der Waals surface area contributed by atoms with Gasteiger partial charge in [0.1, 0.15) is 12.4 Å². The first-order valence-corrected chi connectivity index (χ1v) is 5.90. The fourth-order valence-electron chi connectivity index (χ4n) is 1.74. The Kier molecular flexibility index (Phi) is 3.80. The average molecular weight is 285 g/mol. The first kappa shape index (κ1) is 13.5. The summed E-state index contributed by atoms with van der Waals surface area (Å²) in [5.41, 5.74) is 0.959. The van der Waals surface area contributed by atoms with Crippen molar-refractivity contribution in [3.63, 3.8) is 0 Å². The summed E-state index contributed by atoms with van der Waals surface area (Å²) in [6.07, 6.45) is 0.492. The van der Waals surface area contributed by atoms with E-state index >= 15 is 0 Å². The minimum absolute atomic E-state index is 0.00127. The van der Waals surface area contributed by atoms with Gasteiger partial charge in [0.05, 0.1) is 10.7 Å². The van der Waals surface area contributed by atoms with Crippen molar-refractivity contribution in [1.82, 2.24) is 5.01 Å². The summed E-state index contributed by atoms with van der Waals surface area (Å²) in [4.78, 5) is 22.1. The molecule has 0 bridgehead atoms. The minimum Gasteiger partial charge on any atom is -0.480 e. The van der Waals surface area contributed by atoms with E-state index in [1.54, 1.807) is 6.07 Å². The van der Waals surface area contributed by atoms with Crippen LogP contribution in [0.15, 0.2) is 23.3 Å². The lowest BCUT2D eigenvalue weighted by molar-refractivity contribution is -0.144. The van der Waals surface area contributed by atoms with Gasteiger partial charge in [-0.05, 0) is 12.1 Å². The zero-order chi connectivity index (χ0) is 14.0. The molecule has 0 atom stereocenters. The molecule has 1 aromatic rings. The summed E-state index contributed by atoms with van der Waals surface area (Å²) in [6, 6.07) is 4.20. The fraction of sp³-hybridized carbons (Fsp3) is 0.250. The van der Waals surface area contributed by atoms with Crippen molar-refractivity contribution in [3.8, 4) is 0 Å². The Bertz CT molecular complexity index is 574. The van der Waals surface area contributed by atoms with Crippen molar-refractivity contribution in [2.24, 2.45) is 5.10 Å². The first-order chi connectivity index (χ1) is 8.97. The standard InChI is InChI=1S/C12H10ClFN2O3/c13-8-2-1-7(5-9(8)14)10-3-4-11(17)16(15-10)6-12(18)19/h1-2,5H,3-4,6H2,(H,18,19). The molecule has 0 fully saturated rings. The van der Waals surface area contributed by atoms with E-state index in [0.29, 0.717) is 17.7 Å². The lowest BCUT2D eigenvalue weighted by Gasteiger charge is -2.22. The summed E-state index contributed by atoms with van der Waals surface area (Å²) >= 11 is 5.58. The molecular weight excluding hydrogens is 275 g/mol. The van der Waals surface area contributed by atoms with Crippen LogP contribution in [0.3, 0.4) is 0 Å². The second-order valence-electron chi connectivity index (χ2n) is 4.02. The molecule has 7 heteroatoms. The van der Waals surface area contributed by atoms with Gasteiger partial charge in [0.15, 0.2) is 0 Å². The first-order valence-electron chi connectivity index (χ1n) is 5.52. The highest BCUT2D eigenvalue weighted by atomic mass is 35.5. The molecule has 0 unspecified atom stereocenters. The molecule has 1 aromatic carbocycles. The molecule has 0 aliphatic carbocycles. The van der Waals surface area contributed by atoms with E-state index in [4.69, 9.17) is 16.7 Å². The Hall–Kier alpha value is -1.95. The number of hydrogen-bond donors (Lipinski definition) is 1. The van der Waals surface area contributed by atoms with Crippen molar-refractivity contribution in [1.29, 1.82) is 0 Å². The van der Waals surface area contributed by atoms with E-state index in [1.807, 2.05) is 0 Å². The van der Waals surface area contributed by atoms with Crippen LogP contribution in [0.1, 0.15) is 18.4 Å². The number of nitrogens with zero attached hydrogens (tertiary/aromatic N) is 2. The van der Waals surface area contributed by atoms with E-state index in [0.717, 1.165) is 5.01 Å². The van der Waals surface area contributed by atoms with E-state index in [9.17, 15) is 14.0 Å². The maximum absolute atomic E-state index is 13.4. The number of carboxylic acid groups (broad SMARTS) is 1. The van der Waals surface area contributed by atoms with Crippen molar-refractivity contribution in [2.75, 3.05) is 6.54 Å². The van der Waals surface area contributed by atoms with E-state index in [-0.39, 0.29) is 17.4 Å². The molecule has 1 aliphatic rings. The largest absolute Gasteiger partial charge is 0.480 e. The molecule has 2 rings (SSSR count). The molecule has 0 aromatic heterocycles. The second kappa shape index (κ2) is 5.36. The van der Waals surface area contributed by atoms with Crippen LogP contribution in [0, 0.1) is 5.82 Å². The minimum atomic E-state index is -1.15. The molecule has 19 heavy (non-hydrogen) atoms. The summed E-state index contributed by atoms with van der Waals surface area (Å²) in [5, 5.41) is 13.5. The van der Waals surface area contributed by atoms with Gasteiger partial charge >= 0.3 is 5.97 Å². The Morgan fingerprint density at radius 3 is 2.84 bits per heavy atom. The maximum Gasteiger partial charge on any atom is 0.325 e. The molecule has 0 saturated heterocycles. The number of benzene rings is 1. The van der Waals surface area contributed by atoms with Gasteiger partial charge in [-0.2, -0.15) is 5.10 Å². The number of carboxylic acids is 1. The number of amides is 1. The van der Waals surface area contributed by atoms with Crippen molar-refractivity contribution in [3.05, 3.63) is 34.6 Å². The predicted octanol–water partition coefficient (Wildman–Crippen LogP) is 1.89. The van der Waals surface area contributed by atoms with Crippen LogP contribution in [0.25, 0.3) is 0 Å². The molecule has 1 heterocycles. The van der Waals surface area contributed by atoms with E-state index in [1.165, 1.54) is 12.1 Å². The zero-order valence-corrected chi connectivity index (χ0v) is 10.5. The molecule has 1 aliphatic heterocycles. The van der Waals surface area contributed by atoms with Crippen LogP contribution in [0.5, 0.6) is 0 Å². The fourth-order valence-corrected chi connectivity index (χ4v) is 1.85. The third-order valence-corrected chi connectivity index (χ3v) is 2.95. The number of carbonyl (C=O) groups is 2. The second-order valence-corrected chi connectivity index (χ2v) is 4.43. The monoisotopic (exact) mass is 284 g/mol. The Morgan fingerprint density at radius 1 is 1.47 bits per heavy atom. The van der Waals surface area contributed by atoms with Crippen molar-refractivity contribution >= 4 is 29.2 Å². The van der Waals surface area contributed by atoms with Gasteiger partial charge in [-0.25, -0.2) is 9.40 Å². The van der Waals surface area contributed by atoms with Crippen molar-refractivity contribution < 1.29 is 19.1 Å². The third-order valence-electron chi connectivity index (χ3n) is 2.64. The van der Waals surface area contributed by atoms with Crippen LogP contribution < -0.4 is 0 Å². The Morgan fingerprint density at radius 2 is 2.21 bits per heavy atom. The van der Waals surface area contributed by atoms with Gasteiger partial charge in [-0.15, -0.1) is 0 Å². The van der Waals surface area contributed by atoms with Crippen molar-refractivity contribution in [2.45, 2.75) is 12.8 Å². The van der Waals surface area contributed by atoms with E-state index < -0.39 is 18.3 Å². The topological polar surface area (TPSA) is 70.0 Å². The maximum atomic E-state index is 13.4. The zero-order valence-electron chi connectivity index (χ0n) is 9.77. The molecule has 0 saturated carbocycles. The number of aliphatic carboxylic acids is 1. The smallest absolute Gasteiger partial charge is 0.325 e. The number of rotatable bonds is 3. The molecular formula is C12H10ClFN2O3. The van der Waals surface area contributed by atoms with Gasteiger partial charge in [-0.1, -0.05) is 17.7 Å². The van der Waals surface area contributed by atoms with Gasteiger partial charge in [0.25, 0.3) is 0 Å². The van der Waals surface area contributed by atoms with Gasteiger partial charge in [0.2, 0.25) is 5.91 Å². The third kappa shape index (κ3) is 3.08. The van der Waals surface area contributed by atoms with Gasteiger partial charge < -0.3 is 5.11 Å². The number of carbonyl (C=O) groups excluding carboxylic acids is 1. The number of hydrogen-bond acceptors (Lipinski definition) is 3. The molecule has 1 amide bonds. The predicted molar refractivity (Wildman–Crippen MR) is 66.5 cm³/mol. The highest BCUT2D eigenvalue weighted by molar-refractivity contribution is 6.30. The quantitative estimate of drug-likeness (QED) is 0.921. The molecule has 5 nitrogen and oxygen atoms in total. The van der Waals surface area contributed by atoms with Crippen LogP contribution in [0.2, 0.25) is 5.02 Å². The molecule has 100 valence electrons. The van der Waals surface area contributed by atoms with E-state index in [2.05, 4.69) is 5.10 Å². The summed E-state index contributed by atoms with van der Waals surface area (Å²) < 4.78 is 13.4. The molecule has 1 N–H and O–H groups in total. The Labute approximate surface area is 113 Å². The van der Waals surface area contributed by atoms with Gasteiger partial charge in [-0.3, -0.25) is 9.59 Å². The highest BCUT2D eigenvalue weighted by Crippen LogP contribution is 2.20. The SMILES string of the molecule is O=C(O)CN1N=C(c2ccc(Cl)c(F)c2)CCC1=O. The van der Waals surface area contributed by atoms with Crippen LogP contribution in [-0.2, 0) is 9.59 Å². The highest BCUT2D eigenvalue weighted by Gasteiger charge is 2.23. The lowest BCUT2D eigenvalue weighted by Crippen LogP contribution is -2.35. The van der Waals surface area contributed by atoms with Crippen LogP contribution in [0.4, 0.5) is 4.39 Å². The molecule has 0 spiro atoms. The van der Waals surface area contributed by atoms with Crippen LogP contribution in [-0.4, -0.2) is 34.2 Å². The lowest BCUT2D eigenvalue weighted by atomic mass is 10.0. The number of hydrazone groups is 1. The summed E-state index contributed by atoms with van der Waals surface area (Å²) in [7, 11) is 0. The summed E-state index contributed by atoms with van der Waals surface area (Å²) in [6.45, 7) is -0.502. The van der Waals surface area contributed by atoms with Gasteiger partial charge in [0, 0.05) is 18.4 Å². The normalized spacial score (nSPS) is 15.4. The Balaban J connectivity index is 2.30. The number of halogens is 2. The average Bonchev–Trinajstić information content (AvgIpc) is 2.35. The summed E-state index contributed by atoms with van der Waals surface area (Å²) in [5.74, 6) is -2.09.